The highest BCUT2D eigenvalue weighted by Crippen LogP contribution is 2.17. The van der Waals surface area contributed by atoms with Crippen molar-refractivity contribution in [2.24, 2.45) is 0 Å². The van der Waals surface area contributed by atoms with Gasteiger partial charge < -0.3 is 0 Å². The van der Waals surface area contributed by atoms with E-state index in [1.807, 2.05) is 0 Å². The van der Waals surface area contributed by atoms with E-state index in [9.17, 15) is 12.8 Å². The van der Waals surface area contributed by atoms with Crippen molar-refractivity contribution in [1.29, 1.82) is 0 Å². The summed E-state index contributed by atoms with van der Waals surface area (Å²) in [5.74, 6) is -0.566. The highest BCUT2D eigenvalue weighted by Gasteiger charge is 2.12. The van der Waals surface area contributed by atoms with Crippen LogP contribution in [0.1, 0.15) is 51.0 Å². The van der Waals surface area contributed by atoms with Crippen LogP contribution in [0.4, 0.5) is 4.39 Å². The summed E-state index contributed by atoms with van der Waals surface area (Å²) in [6, 6.07) is 3.55. The monoisotopic (exact) mass is 288 g/mol. The fourth-order valence-electron chi connectivity index (χ4n) is 1.99. The van der Waals surface area contributed by atoms with Gasteiger partial charge in [0.1, 0.15) is 5.82 Å². The van der Waals surface area contributed by atoms with Gasteiger partial charge in [0.05, 0.1) is 4.90 Å². The first kappa shape index (κ1) is 16.1. The van der Waals surface area contributed by atoms with E-state index in [1.165, 1.54) is 31.4 Å². The van der Waals surface area contributed by atoms with E-state index < -0.39 is 20.8 Å². The maximum atomic E-state index is 13.6. The molecule has 1 rings (SSSR count). The van der Waals surface area contributed by atoms with Gasteiger partial charge in [-0.1, -0.05) is 45.1 Å². The third kappa shape index (κ3) is 5.70. The molecule has 5 heteroatoms. The van der Waals surface area contributed by atoms with E-state index in [4.69, 9.17) is 4.55 Å². The summed E-state index contributed by atoms with van der Waals surface area (Å²) in [6.45, 7) is 2.16. The van der Waals surface area contributed by atoms with Crippen LogP contribution >= 0.6 is 0 Å². The first-order valence-corrected chi connectivity index (χ1v) is 8.15. The third-order valence-electron chi connectivity index (χ3n) is 3.12. The molecule has 0 bridgehead atoms. The largest absolute Gasteiger partial charge is 0.294 e. The summed E-state index contributed by atoms with van der Waals surface area (Å²) in [6.07, 6.45) is 7.34. The Kier molecular flexibility index (Phi) is 6.45. The molecular formula is C14H21FO3S. The summed E-state index contributed by atoms with van der Waals surface area (Å²) < 4.78 is 44.1. The molecule has 108 valence electrons. The summed E-state index contributed by atoms with van der Waals surface area (Å²) in [4.78, 5) is -0.392. The number of unbranched alkanes of at least 4 members (excludes halogenated alkanes) is 5. The molecule has 0 amide bonds. The molecular weight excluding hydrogens is 267 g/mol. The van der Waals surface area contributed by atoms with Gasteiger partial charge >= 0.3 is 0 Å². The van der Waals surface area contributed by atoms with Crippen LogP contribution in [0, 0.1) is 5.82 Å². The number of benzene rings is 1. The second-order valence-electron chi connectivity index (χ2n) is 4.75. The molecule has 0 saturated heterocycles. The van der Waals surface area contributed by atoms with Crippen molar-refractivity contribution in [3.63, 3.8) is 0 Å². The Hall–Kier alpha value is -0.940. The molecule has 0 aromatic heterocycles. The van der Waals surface area contributed by atoms with Gasteiger partial charge in [-0.3, -0.25) is 4.55 Å². The van der Waals surface area contributed by atoms with Gasteiger partial charge in [-0.2, -0.15) is 8.42 Å². The molecule has 0 spiro atoms. The molecule has 0 atom stereocenters. The van der Waals surface area contributed by atoms with Crippen molar-refractivity contribution in [3.8, 4) is 0 Å². The van der Waals surface area contributed by atoms with Crippen molar-refractivity contribution in [2.75, 3.05) is 0 Å². The molecule has 0 heterocycles. The standard InChI is InChI=1S/C14H21FO3S/c1-2-3-4-5-6-7-8-12-9-10-13(11-14(12)15)19(16,17)18/h9-11H,2-8H2,1H3,(H,16,17,18). The van der Waals surface area contributed by atoms with Crippen LogP contribution in [-0.4, -0.2) is 13.0 Å². The van der Waals surface area contributed by atoms with Gasteiger partial charge in [0.15, 0.2) is 0 Å². The normalized spacial score (nSPS) is 11.7. The first-order chi connectivity index (χ1) is 8.95. The van der Waals surface area contributed by atoms with Crippen molar-refractivity contribution >= 4 is 10.1 Å². The fourth-order valence-corrected chi connectivity index (χ4v) is 2.48. The second kappa shape index (κ2) is 7.60. The lowest BCUT2D eigenvalue weighted by Gasteiger charge is -2.05. The maximum absolute atomic E-state index is 13.6. The number of aryl methyl sites for hydroxylation is 1. The van der Waals surface area contributed by atoms with Crippen molar-refractivity contribution in [3.05, 3.63) is 29.6 Å². The van der Waals surface area contributed by atoms with E-state index in [0.717, 1.165) is 25.3 Å². The Morgan fingerprint density at radius 3 is 2.32 bits per heavy atom. The average Bonchev–Trinajstić information content (AvgIpc) is 2.34. The predicted molar refractivity (Wildman–Crippen MR) is 73.3 cm³/mol. The Labute approximate surface area is 114 Å². The molecule has 0 radical (unpaired) electrons. The number of hydrogen-bond donors (Lipinski definition) is 1. The number of hydrogen-bond acceptors (Lipinski definition) is 2. The minimum Gasteiger partial charge on any atom is -0.282 e. The van der Waals surface area contributed by atoms with E-state index in [0.29, 0.717) is 12.0 Å². The number of halogens is 1. The first-order valence-electron chi connectivity index (χ1n) is 6.71. The zero-order chi connectivity index (χ0) is 14.3. The molecule has 0 aliphatic carbocycles. The average molecular weight is 288 g/mol. The molecule has 0 fully saturated rings. The summed E-state index contributed by atoms with van der Waals surface area (Å²) in [5.41, 5.74) is 0.503. The Balaban J connectivity index is 2.47. The molecule has 3 nitrogen and oxygen atoms in total. The fraction of sp³-hybridized carbons (Fsp3) is 0.571. The molecule has 0 aliphatic rings. The minimum absolute atomic E-state index is 0.392. The Morgan fingerprint density at radius 2 is 1.74 bits per heavy atom. The lowest BCUT2D eigenvalue weighted by atomic mass is 10.0. The molecule has 0 aliphatic heterocycles. The minimum atomic E-state index is -4.32. The van der Waals surface area contributed by atoms with Gasteiger partial charge in [-0.15, -0.1) is 0 Å². The van der Waals surface area contributed by atoms with Crippen molar-refractivity contribution in [2.45, 2.75) is 56.8 Å². The molecule has 1 N–H and O–H groups in total. The van der Waals surface area contributed by atoms with Crippen LogP contribution in [0.5, 0.6) is 0 Å². The van der Waals surface area contributed by atoms with Crippen molar-refractivity contribution < 1.29 is 17.4 Å². The Bertz CT molecular complexity index is 497. The van der Waals surface area contributed by atoms with Gasteiger partial charge in [0, 0.05) is 0 Å². The van der Waals surface area contributed by atoms with Crippen LogP contribution in [-0.2, 0) is 16.5 Å². The van der Waals surface area contributed by atoms with Crippen LogP contribution in [0.15, 0.2) is 23.1 Å². The predicted octanol–water partition coefficient (Wildman–Crippen LogP) is 3.98. The highest BCUT2D eigenvalue weighted by atomic mass is 32.2. The molecule has 1 aromatic rings. The summed E-state index contributed by atoms with van der Waals surface area (Å²) >= 11 is 0. The maximum Gasteiger partial charge on any atom is 0.294 e. The molecule has 1 aromatic carbocycles. The highest BCUT2D eigenvalue weighted by molar-refractivity contribution is 7.85. The van der Waals surface area contributed by atoms with Gasteiger partial charge in [0.25, 0.3) is 10.1 Å². The SMILES string of the molecule is CCCCCCCCc1ccc(S(=O)(=O)O)cc1F. The van der Waals surface area contributed by atoms with E-state index in [2.05, 4.69) is 6.92 Å². The van der Waals surface area contributed by atoms with Gasteiger partial charge in [-0.05, 0) is 30.5 Å². The van der Waals surface area contributed by atoms with Crippen LogP contribution in [0.2, 0.25) is 0 Å². The van der Waals surface area contributed by atoms with E-state index in [-0.39, 0.29) is 0 Å². The molecule has 0 saturated carbocycles. The van der Waals surface area contributed by atoms with Crippen LogP contribution < -0.4 is 0 Å². The van der Waals surface area contributed by atoms with E-state index in [1.54, 1.807) is 0 Å². The smallest absolute Gasteiger partial charge is 0.282 e. The summed E-state index contributed by atoms with van der Waals surface area (Å²) in [7, 11) is -4.32. The zero-order valence-corrected chi connectivity index (χ0v) is 12.0. The quantitative estimate of drug-likeness (QED) is 0.581. The van der Waals surface area contributed by atoms with Gasteiger partial charge in [-0.25, -0.2) is 4.39 Å². The van der Waals surface area contributed by atoms with Crippen LogP contribution in [0.3, 0.4) is 0 Å². The van der Waals surface area contributed by atoms with Crippen molar-refractivity contribution in [1.82, 2.24) is 0 Å². The van der Waals surface area contributed by atoms with E-state index >= 15 is 0 Å². The second-order valence-corrected chi connectivity index (χ2v) is 6.17. The van der Waals surface area contributed by atoms with Crippen LogP contribution in [0.25, 0.3) is 0 Å². The Morgan fingerprint density at radius 1 is 1.11 bits per heavy atom. The third-order valence-corrected chi connectivity index (χ3v) is 3.97. The molecule has 19 heavy (non-hydrogen) atoms. The topological polar surface area (TPSA) is 54.4 Å². The lowest BCUT2D eigenvalue weighted by molar-refractivity contribution is 0.481. The number of rotatable bonds is 8. The van der Waals surface area contributed by atoms with Gasteiger partial charge in [0.2, 0.25) is 0 Å². The molecule has 0 unspecified atom stereocenters. The summed E-state index contributed by atoms with van der Waals surface area (Å²) in [5, 5.41) is 0. The lowest BCUT2D eigenvalue weighted by Crippen LogP contribution is -2.00. The zero-order valence-electron chi connectivity index (χ0n) is 11.2.